The van der Waals surface area contributed by atoms with Crippen LogP contribution < -0.4 is 10.5 Å². The molecule has 54 valence electrons. The molecule has 1 aromatic rings. The Hall–Kier alpha value is -1.51. The van der Waals surface area contributed by atoms with E-state index in [1.807, 2.05) is 6.07 Å². The fourth-order valence-electron chi connectivity index (χ4n) is 0.605. The third kappa shape index (κ3) is 1.78. The fourth-order valence-corrected chi connectivity index (χ4v) is 0.605. The molecule has 0 aliphatic heterocycles. The molecule has 3 nitrogen and oxygen atoms in total. The Labute approximate surface area is 59.9 Å². The summed E-state index contributed by atoms with van der Waals surface area (Å²) in [5, 5.41) is 0. The lowest BCUT2D eigenvalue weighted by Gasteiger charge is -1.96. The number of benzene rings is 1. The lowest BCUT2D eigenvalue weighted by molar-refractivity contribution is 0.211. The van der Waals surface area contributed by atoms with Gasteiger partial charge in [0.1, 0.15) is 5.75 Å². The summed E-state index contributed by atoms with van der Waals surface area (Å²) in [5.41, 5.74) is 4.76. The molecule has 0 aliphatic rings. The maximum Gasteiger partial charge on any atom is 0.409 e. The molecule has 10 heavy (non-hydrogen) atoms. The largest absolute Gasteiger partial charge is 0.411 e. The van der Waals surface area contributed by atoms with Gasteiger partial charge in [0.25, 0.3) is 0 Å². The number of hydrogen-bond acceptors (Lipinski definition) is 2. The normalized spacial score (nSPS) is 8.80. The molecule has 0 radical (unpaired) electrons. The van der Waals surface area contributed by atoms with Gasteiger partial charge in [-0.1, -0.05) is 18.2 Å². The Balaban J connectivity index is 0.000001000. The molecule has 1 aromatic carbocycles. The zero-order valence-corrected chi connectivity index (χ0v) is 5.28. The van der Waals surface area contributed by atoms with Crippen LogP contribution in [0.15, 0.2) is 30.3 Å². The van der Waals surface area contributed by atoms with Crippen molar-refractivity contribution in [2.45, 2.75) is 0 Å². The number of carbonyl (C=O) groups is 1. The minimum Gasteiger partial charge on any atom is -0.411 e. The van der Waals surface area contributed by atoms with Gasteiger partial charge in [0, 0.05) is 1.43 Å². The highest BCUT2D eigenvalue weighted by atomic mass is 16.5. The lowest BCUT2D eigenvalue weighted by Crippen LogP contribution is -2.15. The first-order valence-corrected chi connectivity index (χ1v) is 2.81. The minimum atomic E-state index is -0.786. The topological polar surface area (TPSA) is 52.3 Å². The standard InChI is InChI=1S/C7H7NO2.H2/c8-7(9)10-6-4-2-1-3-5-6;/h1-5H,(H2,8,9);1H. The van der Waals surface area contributed by atoms with Gasteiger partial charge in [0.05, 0.1) is 0 Å². The Kier molecular flexibility index (Phi) is 1.89. The summed E-state index contributed by atoms with van der Waals surface area (Å²) in [6, 6.07) is 8.67. The van der Waals surface area contributed by atoms with Crippen molar-refractivity contribution in [3.8, 4) is 5.75 Å². The first kappa shape index (κ1) is 6.61. The zero-order valence-electron chi connectivity index (χ0n) is 5.28. The van der Waals surface area contributed by atoms with E-state index >= 15 is 0 Å². The molecule has 0 aliphatic carbocycles. The predicted molar refractivity (Wildman–Crippen MR) is 38.8 cm³/mol. The van der Waals surface area contributed by atoms with Crippen molar-refractivity contribution in [1.29, 1.82) is 0 Å². The van der Waals surface area contributed by atoms with E-state index in [4.69, 9.17) is 5.73 Å². The Morgan fingerprint density at radius 2 is 2.00 bits per heavy atom. The zero-order chi connectivity index (χ0) is 7.40. The van der Waals surface area contributed by atoms with Crippen LogP contribution >= 0.6 is 0 Å². The monoisotopic (exact) mass is 139 g/mol. The van der Waals surface area contributed by atoms with E-state index in [2.05, 4.69) is 4.74 Å². The smallest absolute Gasteiger partial charge is 0.409 e. The third-order valence-corrected chi connectivity index (χ3v) is 0.962. The van der Waals surface area contributed by atoms with Crippen molar-refractivity contribution in [2.75, 3.05) is 0 Å². The van der Waals surface area contributed by atoms with E-state index in [0.717, 1.165) is 0 Å². The molecule has 0 saturated heterocycles. The highest BCUT2D eigenvalue weighted by Gasteiger charge is 1.93. The number of para-hydroxylation sites is 1. The van der Waals surface area contributed by atoms with Gasteiger partial charge in [-0.15, -0.1) is 0 Å². The Morgan fingerprint density at radius 1 is 1.40 bits per heavy atom. The second kappa shape index (κ2) is 2.87. The molecule has 0 unspecified atom stereocenters. The average Bonchev–Trinajstić information content (AvgIpc) is 1.88. The molecule has 0 aromatic heterocycles. The number of amides is 1. The van der Waals surface area contributed by atoms with Crippen molar-refractivity contribution >= 4 is 6.09 Å². The van der Waals surface area contributed by atoms with Gasteiger partial charge in [-0.2, -0.15) is 0 Å². The highest BCUT2D eigenvalue weighted by molar-refractivity contribution is 5.67. The van der Waals surface area contributed by atoms with Gasteiger partial charge in [0.15, 0.2) is 0 Å². The summed E-state index contributed by atoms with van der Waals surface area (Å²) in [7, 11) is 0. The van der Waals surface area contributed by atoms with Crippen LogP contribution in [0.1, 0.15) is 1.43 Å². The number of carbonyl (C=O) groups excluding carboxylic acids is 1. The lowest BCUT2D eigenvalue weighted by atomic mass is 10.3. The third-order valence-electron chi connectivity index (χ3n) is 0.962. The highest BCUT2D eigenvalue weighted by Crippen LogP contribution is 2.07. The van der Waals surface area contributed by atoms with Crippen molar-refractivity contribution in [3.05, 3.63) is 30.3 Å². The molecular formula is C7H9NO2. The van der Waals surface area contributed by atoms with Crippen LogP contribution in [0.5, 0.6) is 5.75 Å². The molecule has 1 amide bonds. The molecule has 0 fully saturated rings. The van der Waals surface area contributed by atoms with Gasteiger partial charge in [0.2, 0.25) is 0 Å². The van der Waals surface area contributed by atoms with Crippen LogP contribution in [0.25, 0.3) is 0 Å². The van der Waals surface area contributed by atoms with Crippen molar-refractivity contribution in [1.82, 2.24) is 0 Å². The van der Waals surface area contributed by atoms with E-state index in [9.17, 15) is 4.79 Å². The fraction of sp³-hybridized carbons (Fsp3) is 0. The number of ether oxygens (including phenoxy) is 1. The number of nitrogens with two attached hydrogens (primary N) is 1. The quantitative estimate of drug-likeness (QED) is 0.639. The maximum atomic E-state index is 10.2. The summed E-state index contributed by atoms with van der Waals surface area (Å²) in [4.78, 5) is 10.2. The van der Waals surface area contributed by atoms with E-state index < -0.39 is 6.09 Å². The second-order valence-corrected chi connectivity index (χ2v) is 1.73. The van der Waals surface area contributed by atoms with Crippen molar-refractivity contribution in [2.24, 2.45) is 5.73 Å². The van der Waals surface area contributed by atoms with Crippen LogP contribution in [0.4, 0.5) is 4.79 Å². The van der Waals surface area contributed by atoms with Crippen LogP contribution in [0.3, 0.4) is 0 Å². The average molecular weight is 139 g/mol. The molecule has 2 N–H and O–H groups in total. The predicted octanol–water partition coefficient (Wildman–Crippen LogP) is 1.39. The molecule has 0 spiro atoms. The summed E-state index contributed by atoms with van der Waals surface area (Å²) in [6.45, 7) is 0. The van der Waals surface area contributed by atoms with E-state index in [-0.39, 0.29) is 1.43 Å². The summed E-state index contributed by atoms with van der Waals surface area (Å²) in [5.74, 6) is 0.468. The number of hydrogen-bond donors (Lipinski definition) is 1. The van der Waals surface area contributed by atoms with Crippen molar-refractivity contribution < 1.29 is 11.0 Å². The van der Waals surface area contributed by atoms with Gasteiger partial charge >= 0.3 is 6.09 Å². The van der Waals surface area contributed by atoms with Crippen LogP contribution in [-0.4, -0.2) is 6.09 Å². The van der Waals surface area contributed by atoms with Crippen LogP contribution in [0, 0.1) is 0 Å². The molecule has 1 rings (SSSR count). The van der Waals surface area contributed by atoms with Gasteiger partial charge in [-0.25, -0.2) is 4.79 Å². The number of rotatable bonds is 1. The summed E-state index contributed by atoms with van der Waals surface area (Å²) in [6.07, 6.45) is -0.786. The maximum absolute atomic E-state index is 10.2. The van der Waals surface area contributed by atoms with Gasteiger partial charge in [-0.05, 0) is 12.1 Å². The molecule has 3 heteroatoms. The van der Waals surface area contributed by atoms with E-state index in [1.165, 1.54) is 0 Å². The summed E-state index contributed by atoms with van der Waals surface area (Å²) >= 11 is 0. The molecule has 0 atom stereocenters. The molecule has 0 heterocycles. The molecule has 0 saturated carbocycles. The molecular weight excluding hydrogens is 130 g/mol. The summed E-state index contributed by atoms with van der Waals surface area (Å²) < 4.78 is 4.55. The van der Waals surface area contributed by atoms with E-state index in [1.54, 1.807) is 24.3 Å². The van der Waals surface area contributed by atoms with Gasteiger partial charge < -0.3 is 10.5 Å². The van der Waals surface area contributed by atoms with Crippen molar-refractivity contribution in [3.63, 3.8) is 0 Å². The van der Waals surface area contributed by atoms with E-state index in [0.29, 0.717) is 5.75 Å². The minimum absolute atomic E-state index is 0. The van der Waals surface area contributed by atoms with Crippen LogP contribution in [-0.2, 0) is 0 Å². The second-order valence-electron chi connectivity index (χ2n) is 1.73. The first-order chi connectivity index (χ1) is 4.79. The van der Waals surface area contributed by atoms with Gasteiger partial charge in [-0.3, -0.25) is 0 Å². The SMILES string of the molecule is NC(=O)Oc1ccccc1.[HH]. The Morgan fingerprint density at radius 3 is 2.50 bits per heavy atom. The molecule has 0 bridgehead atoms. The Bertz CT molecular complexity index is 225. The first-order valence-electron chi connectivity index (χ1n) is 2.81. The number of primary amides is 1. The van der Waals surface area contributed by atoms with Crippen LogP contribution in [0.2, 0.25) is 0 Å².